The number of halogens is 1. The number of ether oxygens (including phenoxy) is 1. The summed E-state index contributed by atoms with van der Waals surface area (Å²) in [5.41, 5.74) is 2.80. The fourth-order valence-electron chi connectivity index (χ4n) is 3.81. The Labute approximate surface area is 166 Å². The summed E-state index contributed by atoms with van der Waals surface area (Å²) in [7, 11) is 0. The molecule has 0 saturated heterocycles. The van der Waals surface area contributed by atoms with Gasteiger partial charge in [0, 0.05) is 18.0 Å². The van der Waals surface area contributed by atoms with Gasteiger partial charge in [0.15, 0.2) is 0 Å². The van der Waals surface area contributed by atoms with E-state index in [2.05, 4.69) is 41.7 Å². The average Bonchev–Trinajstić information content (AvgIpc) is 2.70. The summed E-state index contributed by atoms with van der Waals surface area (Å²) in [6.45, 7) is 0.819. The Morgan fingerprint density at radius 3 is 2.70 bits per heavy atom. The van der Waals surface area contributed by atoms with Crippen LogP contribution in [0.5, 0.6) is 5.75 Å². The van der Waals surface area contributed by atoms with E-state index in [0.29, 0.717) is 12.6 Å². The lowest BCUT2D eigenvalue weighted by atomic mass is 9.88. The highest BCUT2D eigenvalue weighted by molar-refractivity contribution is 5.88. The van der Waals surface area contributed by atoms with Gasteiger partial charge < -0.3 is 15.2 Å². The molecule has 0 bridgehead atoms. The van der Waals surface area contributed by atoms with Crippen molar-refractivity contribution in [3.05, 3.63) is 77.9 Å². The summed E-state index contributed by atoms with van der Waals surface area (Å²) in [6.07, 6.45) is 2.93. The molecule has 0 aromatic heterocycles. The second-order valence-electron chi connectivity index (χ2n) is 6.99. The van der Waals surface area contributed by atoms with E-state index in [1.807, 2.05) is 30.3 Å². The number of benzene rings is 3. The molecule has 0 unspecified atom stereocenters. The van der Waals surface area contributed by atoms with Gasteiger partial charge in [-0.1, -0.05) is 60.7 Å². The number of aryl methyl sites for hydroxylation is 1. The number of rotatable bonds is 6. The maximum Gasteiger partial charge on any atom is 0.127 e. The first-order valence-corrected chi connectivity index (χ1v) is 9.41. The van der Waals surface area contributed by atoms with Crippen molar-refractivity contribution in [1.29, 1.82) is 0 Å². The van der Waals surface area contributed by atoms with Crippen LogP contribution < -0.4 is 10.1 Å². The molecule has 2 N–H and O–H groups in total. The van der Waals surface area contributed by atoms with Crippen LogP contribution in [-0.2, 0) is 6.42 Å². The molecule has 0 aliphatic heterocycles. The fraction of sp³-hybridized carbons (Fsp3) is 0.304. The van der Waals surface area contributed by atoms with Crippen LogP contribution in [0.1, 0.15) is 30.0 Å². The Kier molecular flexibility index (Phi) is 6.73. The summed E-state index contributed by atoms with van der Waals surface area (Å²) in [5.74, 6) is 0.824. The van der Waals surface area contributed by atoms with Crippen LogP contribution in [0.25, 0.3) is 10.8 Å². The van der Waals surface area contributed by atoms with Crippen LogP contribution in [0.4, 0.5) is 0 Å². The van der Waals surface area contributed by atoms with Gasteiger partial charge in [0.1, 0.15) is 18.5 Å². The lowest BCUT2D eigenvalue weighted by Crippen LogP contribution is -2.35. The van der Waals surface area contributed by atoms with E-state index in [4.69, 9.17) is 4.74 Å². The largest absolute Gasteiger partial charge is 0.490 e. The second-order valence-corrected chi connectivity index (χ2v) is 6.99. The van der Waals surface area contributed by atoms with Gasteiger partial charge in [0.25, 0.3) is 0 Å². The van der Waals surface area contributed by atoms with Crippen LogP contribution in [-0.4, -0.2) is 24.4 Å². The average molecular weight is 384 g/mol. The Balaban J connectivity index is 0.00000210. The molecule has 0 radical (unpaired) electrons. The molecule has 0 saturated carbocycles. The third kappa shape index (κ3) is 4.62. The summed E-state index contributed by atoms with van der Waals surface area (Å²) in [6, 6.07) is 23.1. The molecule has 1 aliphatic rings. The van der Waals surface area contributed by atoms with E-state index in [-0.39, 0.29) is 19.0 Å². The van der Waals surface area contributed by atoms with E-state index >= 15 is 0 Å². The molecule has 27 heavy (non-hydrogen) atoms. The Morgan fingerprint density at radius 2 is 1.78 bits per heavy atom. The minimum Gasteiger partial charge on any atom is -0.490 e. The molecule has 4 heteroatoms. The molecule has 0 amide bonds. The molecular weight excluding hydrogens is 358 g/mol. The molecule has 3 aromatic carbocycles. The SMILES string of the molecule is Cl.O[C@@H](CN[C@H]1CCCc2ccccc21)COc1cccc2ccccc12. The number of hydrogen-bond acceptors (Lipinski definition) is 3. The Hall–Kier alpha value is -2.07. The van der Waals surface area contributed by atoms with Crippen LogP contribution >= 0.6 is 12.4 Å². The van der Waals surface area contributed by atoms with Gasteiger partial charge in [-0.25, -0.2) is 0 Å². The molecular formula is C23H26ClNO2. The van der Waals surface area contributed by atoms with Gasteiger partial charge in [0.2, 0.25) is 0 Å². The fourth-order valence-corrected chi connectivity index (χ4v) is 3.81. The number of fused-ring (bicyclic) bond motifs is 2. The van der Waals surface area contributed by atoms with Gasteiger partial charge in [-0.05, 0) is 41.8 Å². The highest BCUT2D eigenvalue weighted by Crippen LogP contribution is 2.29. The van der Waals surface area contributed by atoms with Crippen LogP contribution in [0.15, 0.2) is 66.7 Å². The van der Waals surface area contributed by atoms with Gasteiger partial charge in [-0.15, -0.1) is 12.4 Å². The van der Waals surface area contributed by atoms with Crippen LogP contribution in [0, 0.1) is 0 Å². The molecule has 0 spiro atoms. The summed E-state index contributed by atoms with van der Waals surface area (Å²) < 4.78 is 5.90. The molecule has 1 aliphatic carbocycles. The minimum atomic E-state index is -0.539. The van der Waals surface area contributed by atoms with E-state index in [9.17, 15) is 5.11 Å². The van der Waals surface area contributed by atoms with Crippen molar-refractivity contribution in [2.75, 3.05) is 13.2 Å². The van der Waals surface area contributed by atoms with Crippen molar-refractivity contribution < 1.29 is 9.84 Å². The first-order chi connectivity index (χ1) is 12.8. The standard InChI is InChI=1S/C23H25NO2.ClH/c25-19(15-24-22-13-5-9-17-7-1-3-11-20(17)22)16-26-23-14-6-10-18-8-2-4-12-21(18)23;/h1-4,6-8,10-12,14,19,22,24-25H,5,9,13,15-16H2;1H/t19-,22-;/m0./s1. The van der Waals surface area contributed by atoms with Crippen LogP contribution in [0.3, 0.4) is 0 Å². The number of aliphatic hydroxyl groups excluding tert-OH is 1. The Bertz CT molecular complexity index is 878. The van der Waals surface area contributed by atoms with Crippen molar-refractivity contribution in [1.82, 2.24) is 5.32 Å². The minimum absolute atomic E-state index is 0. The van der Waals surface area contributed by atoms with Crippen molar-refractivity contribution in [3.8, 4) is 5.75 Å². The highest BCUT2D eigenvalue weighted by atomic mass is 35.5. The first kappa shape index (κ1) is 19.7. The highest BCUT2D eigenvalue weighted by Gasteiger charge is 2.20. The van der Waals surface area contributed by atoms with Crippen molar-refractivity contribution in [2.45, 2.75) is 31.4 Å². The van der Waals surface area contributed by atoms with Crippen molar-refractivity contribution in [3.63, 3.8) is 0 Å². The molecule has 3 aromatic rings. The predicted molar refractivity (Wildman–Crippen MR) is 113 cm³/mol. The topological polar surface area (TPSA) is 41.5 Å². The maximum absolute atomic E-state index is 10.4. The summed E-state index contributed by atoms with van der Waals surface area (Å²) in [4.78, 5) is 0. The molecule has 142 valence electrons. The van der Waals surface area contributed by atoms with Gasteiger partial charge >= 0.3 is 0 Å². The van der Waals surface area contributed by atoms with E-state index in [1.165, 1.54) is 17.5 Å². The van der Waals surface area contributed by atoms with Gasteiger partial charge in [-0.3, -0.25) is 0 Å². The zero-order chi connectivity index (χ0) is 17.8. The number of hydrogen-bond donors (Lipinski definition) is 2. The molecule has 4 rings (SSSR count). The van der Waals surface area contributed by atoms with Crippen LogP contribution in [0.2, 0.25) is 0 Å². The number of nitrogens with one attached hydrogen (secondary N) is 1. The lowest BCUT2D eigenvalue weighted by molar-refractivity contribution is 0.103. The third-order valence-corrected chi connectivity index (χ3v) is 5.15. The normalized spacial score (nSPS) is 17.0. The van der Waals surface area contributed by atoms with E-state index in [0.717, 1.165) is 29.4 Å². The second kappa shape index (κ2) is 9.23. The predicted octanol–water partition coefficient (Wildman–Crippen LogP) is 4.67. The lowest BCUT2D eigenvalue weighted by Gasteiger charge is -2.27. The molecule has 2 atom stereocenters. The van der Waals surface area contributed by atoms with E-state index < -0.39 is 6.10 Å². The monoisotopic (exact) mass is 383 g/mol. The quantitative estimate of drug-likeness (QED) is 0.650. The van der Waals surface area contributed by atoms with Gasteiger partial charge in [0.05, 0.1) is 0 Å². The first-order valence-electron chi connectivity index (χ1n) is 9.41. The van der Waals surface area contributed by atoms with Crippen molar-refractivity contribution >= 4 is 23.2 Å². The Morgan fingerprint density at radius 1 is 1.00 bits per heavy atom. The van der Waals surface area contributed by atoms with Crippen molar-refractivity contribution in [2.24, 2.45) is 0 Å². The molecule has 3 nitrogen and oxygen atoms in total. The van der Waals surface area contributed by atoms with Gasteiger partial charge in [-0.2, -0.15) is 0 Å². The summed E-state index contributed by atoms with van der Waals surface area (Å²) in [5, 5.41) is 16.1. The maximum atomic E-state index is 10.4. The zero-order valence-electron chi connectivity index (χ0n) is 15.3. The third-order valence-electron chi connectivity index (χ3n) is 5.15. The molecule has 0 fully saturated rings. The molecule has 0 heterocycles. The van der Waals surface area contributed by atoms with E-state index in [1.54, 1.807) is 0 Å². The smallest absolute Gasteiger partial charge is 0.127 e. The summed E-state index contributed by atoms with van der Waals surface area (Å²) >= 11 is 0. The zero-order valence-corrected chi connectivity index (χ0v) is 16.1. The number of aliphatic hydroxyl groups is 1.